The highest BCUT2D eigenvalue weighted by atomic mass is 32.2. The maximum absolute atomic E-state index is 13.3. The van der Waals surface area contributed by atoms with Gasteiger partial charge in [-0.05, 0) is 74.6 Å². The Morgan fingerprint density at radius 3 is 2.19 bits per heavy atom. The van der Waals surface area contributed by atoms with Gasteiger partial charge in [-0.1, -0.05) is 18.2 Å². The van der Waals surface area contributed by atoms with Crippen molar-refractivity contribution in [2.45, 2.75) is 51.6 Å². The average molecular weight is 444 g/mol. The van der Waals surface area contributed by atoms with Crippen LogP contribution in [-0.4, -0.2) is 31.0 Å². The number of imide groups is 1. The highest BCUT2D eigenvalue weighted by molar-refractivity contribution is 7.89. The number of primary sulfonamides is 1. The number of carbonyl (C=O) groups is 3. The molecule has 2 aromatic carbocycles. The summed E-state index contributed by atoms with van der Waals surface area (Å²) in [7, 11) is -3.87. The van der Waals surface area contributed by atoms with E-state index in [-0.39, 0.29) is 17.2 Å². The number of rotatable bonds is 5. The number of hydrogen-bond donors (Lipinski definition) is 2. The van der Waals surface area contributed by atoms with Gasteiger partial charge in [0.25, 0.3) is 5.91 Å². The zero-order valence-electron chi connectivity index (χ0n) is 18.1. The number of nitrogens with two attached hydrogens (primary N) is 1. The summed E-state index contributed by atoms with van der Waals surface area (Å²) < 4.78 is 23.0. The van der Waals surface area contributed by atoms with Gasteiger partial charge < -0.3 is 5.32 Å². The summed E-state index contributed by atoms with van der Waals surface area (Å²) in [5.41, 5.74) is 2.89. The normalized spacial score (nSPS) is 19.0. The number of ketones is 1. The molecule has 0 saturated carbocycles. The first kappa shape index (κ1) is 22.6. The van der Waals surface area contributed by atoms with Gasteiger partial charge in [0.15, 0.2) is 5.78 Å². The summed E-state index contributed by atoms with van der Waals surface area (Å²) >= 11 is 0. The topological polar surface area (TPSA) is 127 Å². The summed E-state index contributed by atoms with van der Waals surface area (Å²) in [6.07, 6.45) is 0. The quantitative estimate of drug-likeness (QED) is 0.542. The van der Waals surface area contributed by atoms with E-state index >= 15 is 0 Å². The third kappa shape index (κ3) is 3.86. The van der Waals surface area contributed by atoms with E-state index < -0.39 is 27.5 Å². The molecule has 1 heterocycles. The Morgan fingerprint density at radius 1 is 1.10 bits per heavy atom. The lowest BCUT2D eigenvalue weighted by atomic mass is 9.90. The number of amides is 3. The molecule has 0 spiro atoms. The van der Waals surface area contributed by atoms with Gasteiger partial charge in [0.05, 0.1) is 11.4 Å². The summed E-state index contributed by atoms with van der Waals surface area (Å²) in [5.74, 6) is -0.544. The Morgan fingerprint density at radius 2 is 1.68 bits per heavy atom. The lowest BCUT2D eigenvalue weighted by molar-refractivity contribution is -0.131. The van der Waals surface area contributed by atoms with E-state index in [1.165, 1.54) is 31.2 Å². The van der Waals surface area contributed by atoms with Gasteiger partial charge in [-0.15, -0.1) is 0 Å². The smallest absolute Gasteiger partial charge is 0.319 e. The second-order valence-corrected chi connectivity index (χ2v) is 9.62. The van der Waals surface area contributed by atoms with Gasteiger partial charge in [-0.3, -0.25) is 14.5 Å². The van der Waals surface area contributed by atoms with Crippen molar-refractivity contribution < 1.29 is 22.8 Å². The lowest BCUT2D eigenvalue weighted by Crippen LogP contribution is -2.40. The van der Waals surface area contributed by atoms with Gasteiger partial charge in [0, 0.05) is 5.56 Å². The zero-order chi connectivity index (χ0) is 23.3. The van der Waals surface area contributed by atoms with Crippen molar-refractivity contribution >= 4 is 27.7 Å². The van der Waals surface area contributed by atoms with Gasteiger partial charge in [0.1, 0.15) is 5.54 Å². The highest BCUT2D eigenvalue weighted by Crippen LogP contribution is 2.32. The first-order valence-electron chi connectivity index (χ1n) is 9.65. The number of carbonyl (C=O) groups excluding carboxylic acids is 3. The molecule has 1 atom stereocenters. The van der Waals surface area contributed by atoms with Gasteiger partial charge in [0.2, 0.25) is 10.0 Å². The molecule has 3 N–H and O–H groups in total. The van der Waals surface area contributed by atoms with Crippen LogP contribution in [0.2, 0.25) is 0 Å². The first-order valence-corrected chi connectivity index (χ1v) is 11.2. The molecule has 2 aromatic rings. The van der Waals surface area contributed by atoms with E-state index in [2.05, 4.69) is 5.32 Å². The van der Waals surface area contributed by atoms with Gasteiger partial charge in [-0.25, -0.2) is 18.4 Å². The van der Waals surface area contributed by atoms with Crippen molar-refractivity contribution in [3.8, 4) is 0 Å². The predicted molar refractivity (Wildman–Crippen MR) is 115 cm³/mol. The van der Waals surface area contributed by atoms with Crippen LogP contribution in [-0.2, 0) is 26.9 Å². The highest BCUT2D eigenvalue weighted by Gasteiger charge is 2.49. The van der Waals surface area contributed by atoms with Crippen molar-refractivity contribution in [2.24, 2.45) is 5.14 Å². The Bertz CT molecular complexity index is 1220. The molecule has 8 nitrogen and oxygen atoms in total. The monoisotopic (exact) mass is 443 g/mol. The Hall–Kier alpha value is -3.04. The third-order valence-electron chi connectivity index (χ3n) is 5.83. The molecule has 164 valence electrons. The van der Waals surface area contributed by atoms with E-state index in [0.29, 0.717) is 11.1 Å². The van der Waals surface area contributed by atoms with Crippen LogP contribution in [0, 0.1) is 20.8 Å². The number of benzene rings is 2. The van der Waals surface area contributed by atoms with E-state index in [1.54, 1.807) is 6.92 Å². The fourth-order valence-electron chi connectivity index (χ4n) is 4.18. The Labute approximate surface area is 181 Å². The molecular formula is C22H25N3O5S. The molecule has 0 bridgehead atoms. The van der Waals surface area contributed by atoms with Crippen molar-refractivity contribution in [1.82, 2.24) is 10.2 Å². The van der Waals surface area contributed by atoms with E-state index in [4.69, 9.17) is 5.14 Å². The van der Waals surface area contributed by atoms with Gasteiger partial charge >= 0.3 is 6.03 Å². The summed E-state index contributed by atoms with van der Waals surface area (Å²) in [6, 6.07) is 6.82. The number of aryl methyl sites for hydroxylation is 2. The van der Waals surface area contributed by atoms with Crippen LogP contribution in [0.5, 0.6) is 0 Å². The molecule has 9 heteroatoms. The summed E-state index contributed by atoms with van der Waals surface area (Å²) in [4.78, 5) is 39.1. The number of sulfonamides is 1. The fraction of sp³-hybridized carbons (Fsp3) is 0.318. The molecule has 3 amide bonds. The maximum atomic E-state index is 13.3. The Balaban J connectivity index is 1.98. The van der Waals surface area contributed by atoms with Crippen molar-refractivity contribution in [3.05, 3.63) is 63.7 Å². The van der Waals surface area contributed by atoms with Crippen LogP contribution in [0.15, 0.2) is 35.2 Å². The van der Waals surface area contributed by atoms with Crippen molar-refractivity contribution in [3.63, 3.8) is 0 Å². The van der Waals surface area contributed by atoms with Crippen LogP contribution >= 0.6 is 0 Å². The fourth-order valence-corrected chi connectivity index (χ4v) is 4.70. The standard InChI is InChI=1S/C22H25N3O5S/c1-12-10-13(2)19(15(4)26)14(3)18(12)11-25-20(27)22(5,24-21(25)28)16-6-8-17(9-7-16)31(23,29)30/h6-10H,11H2,1-5H3,(H,24,28)(H2,23,29,30). The van der Waals surface area contributed by atoms with Crippen LogP contribution in [0.25, 0.3) is 0 Å². The van der Waals surface area contributed by atoms with E-state index in [1.807, 2.05) is 26.8 Å². The molecular weight excluding hydrogens is 418 g/mol. The molecule has 0 aromatic heterocycles. The van der Waals surface area contributed by atoms with E-state index in [0.717, 1.165) is 27.2 Å². The largest absolute Gasteiger partial charge is 0.325 e. The molecule has 0 aliphatic carbocycles. The minimum absolute atomic E-state index is 0.0216. The molecule has 3 rings (SSSR count). The number of nitrogens with one attached hydrogen (secondary N) is 1. The number of urea groups is 1. The lowest BCUT2D eigenvalue weighted by Gasteiger charge is -2.23. The number of Topliss-reactive ketones (excluding diaryl/α,β-unsaturated/α-hetero) is 1. The molecule has 1 aliphatic heterocycles. The minimum Gasteiger partial charge on any atom is -0.319 e. The molecule has 1 fully saturated rings. The van der Waals surface area contributed by atoms with Crippen molar-refractivity contribution in [1.29, 1.82) is 0 Å². The second kappa shape index (κ2) is 7.58. The third-order valence-corrected chi connectivity index (χ3v) is 6.76. The average Bonchev–Trinajstić information content (AvgIpc) is 2.87. The van der Waals surface area contributed by atoms with Gasteiger partial charge in [-0.2, -0.15) is 0 Å². The van der Waals surface area contributed by atoms with E-state index in [9.17, 15) is 22.8 Å². The molecule has 31 heavy (non-hydrogen) atoms. The molecule has 1 unspecified atom stereocenters. The number of hydrogen-bond acceptors (Lipinski definition) is 5. The minimum atomic E-state index is -3.87. The van der Waals surface area contributed by atoms with Crippen LogP contribution in [0.3, 0.4) is 0 Å². The SMILES string of the molecule is CC(=O)c1c(C)cc(C)c(CN2C(=O)NC(C)(c3ccc(S(N)(=O)=O)cc3)C2=O)c1C. The first-order chi connectivity index (χ1) is 14.3. The summed E-state index contributed by atoms with van der Waals surface area (Å²) in [5, 5.41) is 7.83. The Kier molecular flexibility index (Phi) is 5.54. The second-order valence-electron chi connectivity index (χ2n) is 8.06. The molecule has 1 aliphatic rings. The zero-order valence-corrected chi connectivity index (χ0v) is 18.9. The predicted octanol–water partition coefficient (Wildman–Crippen LogP) is 2.43. The van der Waals surface area contributed by atoms with Crippen LogP contribution < -0.4 is 10.5 Å². The molecule has 0 radical (unpaired) electrons. The summed E-state index contributed by atoms with van der Waals surface area (Å²) in [6.45, 7) is 8.63. The maximum Gasteiger partial charge on any atom is 0.325 e. The van der Waals surface area contributed by atoms with Crippen LogP contribution in [0.1, 0.15) is 52.0 Å². The molecule has 1 saturated heterocycles. The number of nitrogens with zero attached hydrogens (tertiary/aromatic N) is 1. The van der Waals surface area contributed by atoms with Crippen molar-refractivity contribution in [2.75, 3.05) is 0 Å². The van der Waals surface area contributed by atoms with Crippen LogP contribution in [0.4, 0.5) is 4.79 Å².